The first kappa shape index (κ1) is 22.9. The molecule has 0 spiro atoms. The van der Waals surface area contributed by atoms with E-state index in [9.17, 15) is 0 Å². The van der Waals surface area contributed by atoms with Crippen LogP contribution in [0.3, 0.4) is 0 Å². The molecule has 0 radical (unpaired) electrons. The van der Waals surface area contributed by atoms with Crippen molar-refractivity contribution in [2.45, 2.75) is 121 Å². The second kappa shape index (κ2) is 20.0. The summed E-state index contributed by atoms with van der Waals surface area (Å²) in [5, 5.41) is 0. The Labute approximate surface area is 151 Å². The fourth-order valence-corrected chi connectivity index (χ4v) is 5.09. The van der Waals surface area contributed by atoms with Crippen molar-refractivity contribution in [1.29, 1.82) is 0 Å². The van der Waals surface area contributed by atoms with E-state index in [1.54, 1.807) is 0 Å². The molecule has 2 unspecified atom stereocenters. The predicted octanol–water partition coefficient (Wildman–Crippen LogP) is 8.67. The molecule has 0 N–H and O–H groups in total. The van der Waals surface area contributed by atoms with Gasteiger partial charge in [-0.3, -0.25) is 0 Å². The topological polar surface area (TPSA) is 0 Å². The van der Waals surface area contributed by atoms with Crippen LogP contribution in [0.15, 0.2) is 0 Å². The zero-order valence-electron chi connectivity index (χ0n) is 15.5. The van der Waals surface area contributed by atoms with Crippen LogP contribution in [0.1, 0.15) is 117 Å². The lowest BCUT2D eigenvalue weighted by Crippen LogP contribution is -1.92. The molecule has 2 heteroatoms. The molecule has 0 rings (SSSR count). The Balaban J connectivity index is 3.09. The Morgan fingerprint density at radius 1 is 0.591 bits per heavy atom. The van der Waals surface area contributed by atoms with E-state index in [0.29, 0.717) is 0 Å². The van der Waals surface area contributed by atoms with Crippen molar-refractivity contribution in [3.63, 3.8) is 0 Å². The van der Waals surface area contributed by atoms with Gasteiger partial charge in [0.2, 0.25) is 0 Å². The van der Waals surface area contributed by atoms with Crippen molar-refractivity contribution in [2.24, 2.45) is 0 Å². The maximum absolute atomic E-state index is 3.88. The SMILES string of the molecule is CCCCCCCCCCCCCC(Br)PCCCCCC. The Bertz CT molecular complexity index is 196. The van der Waals surface area contributed by atoms with E-state index < -0.39 is 0 Å². The molecule has 2 atom stereocenters. The summed E-state index contributed by atoms with van der Waals surface area (Å²) in [6.45, 7) is 4.59. The smallest absolute Gasteiger partial charge is 0.0317 e. The highest BCUT2D eigenvalue weighted by atomic mass is 79.9. The standard InChI is InChI=1S/C20H42BrP/c1-3-5-7-9-10-11-12-13-14-15-16-18-20(21)22-19-17-8-6-4-2/h20,22H,3-19H2,1-2H3. The zero-order chi connectivity index (χ0) is 16.3. The van der Waals surface area contributed by atoms with Crippen molar-refractivity contribution in [3.8, 4) is 0 Å². The third-order valence-corrected chi connectivity index (χ3v) is 7.26. The van der Waals surface area contributed by atoms with Crippen LogP contribution in [0.25, 0.3) is 0 Å². The summed E-state index contributed by atoms with van der Waals surface area (Å²) in [6, 6.07) is 0. The summed E-state index contributed by atoms with van der Waals surface area (Å²) in [4.78, 5) is 0. The monoisotopic (exact) mass is 392 g/mol. The molecule has 0 aromatic heterocycles. The predicted molar refractivity (Wildman–Crippen MR) is 111 cm³/mol. The lowest BCUT2D eigenvalue weighted by atomic mass is 10.1. The van der Waals surface area contributed by atoms with Crippen molar-refractivity contribution in [2.75, 3.05) is 6.16 Å². The molecule has 0 aliphatic rings. The molecule has 0 heterocycles. The van der Waals surface area contributed by atoms with Crippen LogP contribution in [0, 0.1) is 0 Å². The normalized spacial score (nSPS) is 13.2. The molecule has 0 saturated carbocycles. The Kier molecular flexibility index (Phi) is 20.8. The Morgan fingerprint density at radius 2 is 1.00 bits per heavy atom. The molecule has 0 aliphatic heterocycles. The van der Waals surface area contributed by atoms with Gasteiger partial charge in [-0.05, 0) is 19.0 Å². The van der Waals surface area contributed by atoms with Gasteiger partial charge in [0.25, 0.3) is 0 Å². The minimum absolute atomic E-state index is 0.813. The average molecular weight is 393 g/mol. The molecule has 0 amide bonds. The molecule has 134 valence electrons. The average Bonchev–Trinajstić information content (AvgIpc) is 2.52. The molecule has 0 saturated heterocycles. The number of unbranched alkanes of at least 4 members (excludes halogenated alkanes) is 13. The van der Waals surface area contributed by atoms with Gasteiger partial charge in [0, 0.05) is 4.57 Å². The fraction of sp³-hybridized carbons (Fsp3) is 1.00. The first-order valence-corrected chi connectivity index (χ1v) is 12.4. The van der Waals surface area contributed by atoms with Crippen molar-refractivity contribution in [1.82, 2.24) is 0 Å². The Hall–Kier alpha value is 0.910. The number of alkyl halides is 1. The molecule has 0 nitrogen and oxygen atoms in total. The van der Waals surface area contributed by atoms with E-state index in [4.69, 9.17) is 0 Å². The maximum Gasteiger partial charge on any atom is 0.0317 e. The quantitative estimate of drug-likeness (QED) is 0.124. The van der Waals surface area contributed by atoms with Crippen LogP contribution >= 0.6 is 24.5 Å². The van der Waals surface area contributed by atoms with Crippen LogP contribution in [-0.4, -0.2) is 10.7 Å². The molecule has 0 aliphatic carbocycles. The van der Waals surface area contributed by atoms with E-state index in [1.807, 2.05) is 0 Å². The van der Waals surface area contributed by atoms with Crippen LogP contribution < -0.4 is 0 Å². The molecular formula is C20H42BrP. The zero-order valence-corrected chi connectivity index (χ0v) is 18.1. The first-order chi connectivity index (χ1) is 10.8. The number of hydrogen-bond donors (Lipinski definition) is 0. The van der Waals surface area contributed by atoms with Gasteiger partial charge < -0.3 is 0 Å². The number of halogens is 1. The number of hydrogen-bond acceptors (Lipinski definition) is 0. The summed E-state index contributed by atoms with van der Waals surface area (Å²) in [5.41, 5.74) is 0. The van der Waals surface area contributed by atoms with E-state index >= 15 is 0 Å². The minimum atomic E-state index is 0.813. The second-order valence-corrected chi connectivity index (χ2v) is 10.4. The summed E-state index contributed by atoms with van der Waals surface area (Å²) in [7, 11) is 1.15. The third kappa shape index (κ3) is 19.0. The van der Waals surface area contributed by atoms with Crippen LogP contribution in [0.4, 0.5) is 0 Å². The van der Waals surface area contributed by atoms with Gasteiger partial charge in [0.05, 0.1) is 0 Å². The fourth-order valence-electron chi connectivity index (χ4n) is 2.90. The van der Waals surface area contributed by atoms with E-state index in [0.717, 1.165) is 13.1 Å². The van der Waals surface area contributed by atoms with Gasteiger partial charge in [-0.1, -0.05) is 120 Å². The third-order valence-electron chi connectivity index (χ3n) is 4.46. The maximum atomic E-state index is 3.88. The second-order valence-electron chi connectivity index (χ2n) is 6.81. The molecule has 0 aromatic rings. The molecular weight excluding hydrogens is 351 g/mol. The molecule has 0 aromatic carbocycles. The van der Waals surface area contributed by atoms with Crippen LogP contribution in [0.2, 0.25) is 0 Å². The van der Waals surface area contributed by atoms with Gasteiger partial charge in [0.15, 0.2) is 0 Å². The van der Waals surface area contributed by atoms with Crippen molar-refractivity contribution < 1.29 is 0 Å². The highest BCUT2D eigenvalue weighted by Crippen LogP contribution is 2.30. The summed E-state index contributed by atoms with van der Waals surface area (Å²) in [6.07, 6.45) is 24.5. The van der Waals surface area contributed by atoms with Crippen LogP contribution in [0.5, 0.6) is 0 Å². The van der Waals surface area contributed by atoms with Gasteiger partial charge in [0.1, 0.15) is 0 Å². The van der Waals surface area contributed by atoms with E-state index in [-0.39, 0.29) is 0 Å². The highest BCUT2D eigenvalue weighted by molar-refractivity contribution is 9.10. The van der Waals surface area contributed by atoms with Gasteiger partial charge >= 0.3 is 0 Å². The number of rotatable bonds is 18. The molecule has 0 fully saturated rings. The first-order valence-electron chi connectivity index (χ1n) is 10.2. The lowest BCUT2D eigenvalue weighted by molar-refractivity contribution is 0.547. The molecule has 0 bridgehead atoms. The summed E-state index contributed by atoms with van der Waals surface area (Å²) in [5.74, 6) is 0. The molecule has 22 heavy (non-hydrogen) atoms. The largest absolute Gasteiger partial charge is 0.108 e. The Morgan fingerprint density at radius 3 is 1.50 bits per heavy atom. The van der Waals surface area contributed by atoms with Crippen molar-refractivity contribution in [3.05, 3.63) is 0 Å². The van der Waals surface area contributed by atoms with Crippen molar-refractivity contribution >= 4 is 24.5 Å². The van der Waals surface area contributed by atoms with Gasteiger partial charge in [-0.25, -0.2) is 0 Å². The van der Waals surface area contributed by atoms with Gasteiger partial charge in [-0.2, -0.15) is 0 Å². The van der Waals surface area contributed by atoms with Gasteiger partial charge in [-0.15, -0.1) is 8.58 Å². The summed E-state index contributed by atoms with van der Waals surface area (Å²) < 4.78 is 0.813. The lowest BCUT2D eigenvalue weighted by Gasteiger charge is -2.09. The van der Waals surface area contributed by atoms with Crippen LogP contribution in [-0.2, 0) is 0 Å². The van der Waals surface area contributed by atoms with E-state index in [1.165, 1.54) is 109 Å². The van der Waals surface area contributed by atoms with E-state index in [2.05, 4.69) is 29.8 Å². The minimum Gasteiger partial charge on any atom is -0.108 e. The highest BCUT2D eigenvalue weighted by Gasteiger charge is 2.03. The summed E-state index contributed by atoms with van der Waals surface area (Å²) >= 11 is 3.88.